The van der Waals surface area contributed by atoms with Gasteiger partial charge in [0.25, 0.3) is 0 Å². The van der Waals surface area contributed by atoms with Gasteiger partial charge in [-0.2, -0.15) is 0 Å². The number of aliphatic hydroxyl groups excluding tert-OH is 1. The number of methoxy groups -OCH3 is 10. The fraction of sp³-hybridized carbons (Fsp3) is 1.00. The van der Waals surface area contributed by atoms with Gasteiger partial charge < -0.3 is 52.5 Å². The molecular weight excluding hydrogens is 500 g/mol. The summed E-state index contributed by atoms with van der Waals surface area (Å²) in [7, 11) is 16.3. The third-order valence-corrected chi connectivity index (χ3v) is 3.32. The van der Waals surface area contributed by atoms with Crippen LogP contribution >= 0.6 is 0 Å². The molecule has 0 aromatic rings. The van der Waals surface area contributed by atoms with Crippen molar-refractivity contribution in [1.82, 2.24) is 0 Å². The Morgan fingerprint density at radius 1 is 0.553 bits per heavy atom. The summed E-state index contributed by atoms with van der Waals surface area (Å²) in [5.41, 5.74) is 0.156. The topological polar surface area (TPSA) is 113 Å². The summed E-state index contributed by atoms with van der Waals surface area (Å²) < 4.78 is 47.1. The van der Waals surface area contributed by atoms with E-state index < -0.39 is 6.10 Å². The van der Waals surface area contributed by atoms with Crippen molar-refractivity contribution in [2.45, 2.75) is 53.2 Å². The average molecular weight is 567 g/mol. The van der Waals surface area contributed by atoms with Crippen molar-refractivity contribution in [3.63, 3.8) is 0 Å². The van der Waals surface area contributed by atoms with Crippen molar-refractivity contribution in [2.24, 2.45) is 5.41 Å². The van der Waals surface area contributed by atoms with Crippen LogP contribution in [-0.4, -0.2) is 141 Å². The Morgan fingerprint density at radius 2 is 0.895 bits per heavy atom. The van der Waals surface area contributed by atoms with Crippen molar-refractivity contribution < 1.29 is 52.5 Å². The fourth-order valence-corrected chi connectivity index (χ4v) is 1.84. The minimum Gasteiger partial charge on any atom is -0.388 e. The molecular formula is C27H66O11. The number of hydrogen-bond donors (Lipinski definition) is 1. The van der Waals surface area contributed by atoms with Crippen LogP contribution in [0.2, 0.25) is 0 Å². The van der Waals surface area contributed by atoms with E-state index in [0.717, 1.165) is 13.2 Å². The van der Waals surface area contributed by atoms with Crippen LogP contribution in [0.25, 0.3) is 0 Å². The van der Waals surface area contributed by atoms with Gasteiger partial charge in [0, 0.05) is 76.5 Å². The van der Waals surface area contributed by atoms with Crippen molar-refractivity contribution >= 4 is 0 Å². The molecule has 0 heterocycles. The van der Waals surface area contributed by atoms with Crippen LogP contribution in [-0.2, 0) is 47.4 Å². The first-order chi connectivity index (χ1) is 18.0. The van der Waals surface area contributed by atoms with Gasteiger partial charge in [0.1, 0.15) is 12.9 Å². The van der Waals surface area contributed by atoms with Crippen LogP contribution in [0.3, 0.4) is 0 Å². The standard InChI is InChI=1S/C7H16O2.C5H12O3.C5H12O2.C4H10O2.C3H8O2.C3H8/c1-7(2,5-8-3)6-9-4;1-7-3-5(6)4-8-2;1-5(7-3)4-6-2;1-5-3-4-6-2;1-4-3-5-2;1-3-2/h5-6H2,1-4H3;5-6H,3-4H2,1-2H3;5H,4H2,1-3H3;3-4H2,1-2H3;3H2,1-2H3;3H2,1-2H3. The molecule has 0 saturated carbocycles. The maximum atomic E-state index is 8.80. The van der Waals surface area contributed by atoms with Gasteiger partial charge in [-0.3, -0.25) is 0 Å². The van der Waals surface area contributed by atoms with Gasteiger partial charge in [-0.25, -0.2) is 0 Å². The lowest BCUT2D eigenvalue weighted by Gasteiger charge is -2.21. The lowest BCUT2D eigenvalue weighted by molar-refractivity contribution is -0.00272. The summed E-state index contributed by atoms with van der Waals surface area (Å²) in [5, 5.41) is 8.80. The average Bonchev–Trinajstić information content (AvgIpc) is 2.86. The highest BCUT2D eigenvalue weighted by atomic mass is 16.6. The molecule has 0 spiro atoms. The highest BCUT2D eigenvalue weighted by molar-refractivity contribution is 4.65. The zero-order valence-electron chi connectivity index (χ0n) is 27.5. The van der Waals surface area contributed by atoms with Crippen LogP contribution < -0.4 is 0 Å². The van der Waals surface area contributed by atoms with Crippen molar-refractivity contribution in [3.8, 4) is 0 Å². The third-order valence-electron chi connectivity index (χ3n) is 3.32. The molecule has 0 aromatic carbocycles. The Hall–Kier alpha value is -0.440. The summed E-state index contributed by atoms with van der Waals surface area (Å²) in [6.45, 7) is 15.1. The molecule has 0 saturated heterocycles. The summed E-state index contributed by atoms with van der Waals surface area (Å²) in [4.78, 5) is 0. The van der Waals surface area contributed by atoms with Gasteiger partial charge in [-0.1, -0.05) is 34.1 Å². The molecule has 1 unspecified atom stereocenters. The molecule has 0 fully saturated rings. The molecule has 0 radical (unpaired) electrons. The highest BCUT2D eigenvalue weighted by Gasteiger charge is 2.16. The van der Waals surface area contributed by atoms with Crippen LogP contribution in [0.1, 0.15) is 41.0 Å². The largest absolute Gasteiger partial charge is 0.388 e. The van der Waals surface area contributed by atoms with Gasteiger partial charge in [-0.05, 0) is 6.92 Å². The molecule has 0 rings (SSSR count). The first kappa shape index (κ1) is 50.4. The molecule has 240 valence electrons. The molecule has 11 nitrogen and oxygen atoms in total. The van der Waals surface area contributed by atoms with Crippen molar-refractivity contribution in [2.75, 3.05) is 124 Å². The smallest absolute Gasteiger partial charge is 0.145 e. The number of rotatable bonds is 16. The van der Waals surface area contributed by atoms with Crippen molar-refractivity contribution in [1.29, 1.82) is 0 Å². The molecule has 1 N–H and O–H groups in total. The van der Waals surface area contributed by atoms with E-state index in [4.69, 9.17) is 24.1 Å². The zero-order chi connectivity index (χ0) is 31.1. The highest BCUT2D eigenvalue weighted by Crippen LogP contribution is 2.14. The second-order valence-electron chi connectivity index (χ2n) is 8.48. The minimum atomic E-state index is -0.481. The normalized spacial score (nSPS) is 10.7. The maximum Gasteiger partial charge on any atom is 0.145 e. The van der Waals surface area contributed by atoms with E-state index in [1.807, 2.05) is 6.92 Å². The molecule has 0 aliphatic carbocycles. The Bertz CT molecular complexity index is 316. The van der Waals surface area contributed by atoms with E-state index in [2.05, 4.69) is 56.1 Å². The third kappa shape index (κ3) is 76.5. The van der Waals surface area contributed by atoms with Crippen molar-refractivity contribution in [3.05, 3.63) is 0 Å². The molecule has 38 heavy (non-hydrogen) atoms. The second-order valence-corrected chi connectivity index (χ2v) is 8.48. The predicted molar refractivity (Wildman–Crippen MR) is 154 cm³/mol. The molecule has 1 atom stereocenters. The van der Waals surface area contributed by atoms with E-state index in [1.54, 1.807) is 71.1 Å². The second kappa shape index (κ2) is 49.5. The minimum absolute atomic E-state index is 0.156. The van der Waals surface area contributed by atoms with E-state index >= 15 is 0 Å². The first-order valence-electron chi connectivity index (χ1n) is 12.6. The van der Waals surface area contributed by atoms with Gasteiger partial charge in [0.05, 0.1) is 52.4 Å². The maximum absolute atomic E-state index is 8.80. The van der Waals surface area contributed by atoms with Gasteiger partial charge in [-0.15, -0.1) is 0 Å². The van der Waals surface area contributed by atoms with E-state index in [9.17, 15) is 0 Å². The molecule has 0 aliphatic heterocycles. The molecule has 11 heteroatoms. The first-order valence-corrected chi connectivity index (χ1v) is 12.6. The summed E-state index contributed by atoms with van der Waals surface area (Å²) in [5.74, 6) is 0. The Kier molecular flexibility index (Phi) is 65.7. The molecule has 0 aliphatic rings. The molecule has 0 bridgehead atoms. The van der Waals surface area contributed by atoms with E-state index in [0.29, 0.717) is 39.8 Å². The summed E-state index contributed by atoms with van der Waals surface area (Å²) in [6.07, 6.45) is 0.995. The van der Waals surface area contributed by atoms with Crippen LogP contribution in [0.5, 0.6) is 0 Å². The van der Waals surface area contributed by atoms with Crippen LogP contribution in [0.15, 0.2) is 0 Å². The zero-order valence-corrected chi connectivity index (χ0v) is 27.5. The van der Waals surface area contributed by atoms with Crippen LogP contribution in [0.4, 0.5) is 0 Å². The number of ether oxygens (including phenoxy) is 10. The summed E-state index contributed by atoms with van der Waals surface area (Å²) >= 11 is 0. The molecule has 0 amide bonds. The number of aliphatic hydroxyl groups is 1. The predicted octanol–water partition coefficient (Wildman–Crippen LogP) is 3.55. The Morgan fingerprint density at radius 3 is 1.05 bits per heavy atom. The Balaban J connectivity index is -0.0000000830. The summed E-state index contributed by atoms with van der Waals surface area (Å²) in [6, 6.07) is 0. The fourth-order valence-electron chi connectivity index (χ4n) is 1.84. The Labute approximate surface area is 235 Å². The van der Waals surface area contributed by atoms with E-state index in [-0.39, 0.29) is 11.5 Å². The van der Waals surface area contributed by atoms with Gasteiger partial charge in [0.2, 0.25) is 0 Å². The van der Waals surface area contributed by atoms with Crippen LogP contribution in [0, 0.1) is 5.41 Å². The monoisotopic (exact) mass is 566 g/mol. The lowest BCUT2D eigenvalue weighted by atomic mass is 9.96. The SMILES string of the molecule is CCC.COCC(C)(C)COC.COCC(C)OC.COCC(O)COC.COCCOC.COCOC. The van der Waals surface area contributed by atoms with Gasteiger partial charge >= 0.3 is 0 Å². The van der Waals surface area contributed by atoms with E-state index in [1.165, 1.54) is 6.42 Å². The molecule has 0 aromatic heterocycles. The lowest BCUT2D eigenvalue weighted by Crippen LogP contribution is -2.23. The number of hydrogen-bond acceptors (Lipinski definition) is 11. The van der Waals surface area contributed by atoms with Gasteiger partial charge in [0.15, 0.2) is 0 Å². The quantitative estimate of drug-likeness (QED) is 0.219.